The van der Waals surface area contributed by atoms with Gasteiger partial charge in [-0.3, -0.25) is 0 Å². The molecule has 19 heavy (non-hydrogen) atoms. The van der Waals surface area contributed by atoms with Gasteiger partial charge in [0.05, 0.1) is 19.3 Å². The Morgan fingerprint density at radius 2 is 2.42 bits per heavy atom. The normalized spacial score (nSPS) is 20.5. The molecule has 1 aromatic heterocycles. The number of imidazole rings is 1. The quantitative estimate of drug-likeness (QED) is 0.837. The minimum absolute atomic E-state index is 0.0726. The molecule has 1 aliphatic rings. The lowest BCUT2D eigenvalue weighted by molar-refractivity contribution is 0.0594. The first-order valence-electron chi connectivity index (χ1n) is 6.66. The molecule has 1 fully saturated rings. The second-order valence-electron chi connectivity index (χ2n) is 4.77. The van der Waals surface area contributed by atoms with E-state index in [1.54, 1.807) is 0 Å². The van der Waals surface area contributed by atoms with Crippen LogP contribution in [-0.2, 0) is 15.9 Å². The highest BCUT2D eigenvalue weighted by molar-refractivity contribution is 5.92. The number of rotatable bonds is 4. The van der Waals surface area contributed by atoms with Gasteiger partial charge in [0.15, 0.2) is 5.69 Å². The Labute approximate surface area is 112 Å². The number of esters is 1. The molecule has 0 aromatic carbocycles. The number of aryl methyl sites for hydroxylation is 1. The van der Waals surface area contributed by atoms with E-state index < -0.39 is 5.97 Å². The maximum absolute atomic E-state index is 11.7. The summed E-state index contributed by atoms with van der Waals surface area (Å²) in [5.41, 5.74) is 6.27. The van der Waals surface area contributed by atoms with Gasteiger partial charge in [0, 0.05) is 13.0 Å². The molecule has 1 aliphatic heterocycles. The molecule has 106 valence electrons. The van der Waals surface area contributed by atoms with Crippen molar-refractivity contribution in [1.29, 1.82) is 0 Å². The highest BCUT2D eigenvalue weighted by Gasteiger charge is 2.29. The third kappa shape index (κ3) is 2.45. The lowest BCUT2D eigenvalue weighted by Crippen LogP contribution is -2.24. The fraction of sp³-hybridized carbons (Fsp3) is 0.692. The van der Waals surface area contributed by atoms with Gasteiger partial charge in [-0.2, -0.15) is 0 Å². The summed E-state index contributed by atoms with van der Waals surface area (Å²) in [6, 6.07) is 0.0726. The zero-order chi connectivity index (χ0) is 14.0. The predicted molar refractivity (Wildman–Crippen MR) is 71.0 cm³/mol. The fourth-order valence-electron chi connectivity index (χ4n) is 2.59. The Hall–Kier alpha value is -1.56. The number of nitrogens with two attached hydrogens (primary N) is 1. The van der Waals surface area contributed by atoms with Gasteiger partial charge in [-0.15, -0.1) is 0 Å². The summed E-state index contributed by atoms with van der Waals surface area (Å²) in [5, 5.41) is 0. The van der Waals surface area contributed by atoms with E-state index in [1.807, 2.05) is 18.4 Å². The molecule has 6 heteroatoms. The summed E-state index contributed by atoms with van der Waals surface area (Å²) >= 11 is 0. The molecule has 2 heterocycles. The lowest BCUT2D eigenvalue weighted by Gasteiger charge is -2.23. The molecule has 0 amide bonds. The van der Waals surface area contributed by atoms with Crippen LogP contribution in [-0.4, -0.2) is 35.3 Å². The second kappa shape index (κ2) is 5.61. The van der Waals surface area contributed by atoms with Crippen molar-refractivity contribution in [2.24, 2.45) is 0 Å². The third-order valence-electron chi connectivity index (χ3n) is 3.63. The van der Waals surface area contributed by atoms with Crippen molar-refractivity contribution in [3.05, 3.63) is 11.5 Å². The minimum Gasteiger partial charge on any atom is -0.464 e. The predicted octanol–water partition coefficient (Wildman–Crippen LogP) is 1.55. The average molecular weight is 267 g/mol. The van der Waals surface area contributed by atoms with Crippen molar-refractivity contribution in [3.8, 4) is 0 Å². The van der Waals surface area contributed by atoms with Gasteiger partial charge in [-0.05, 0) is 19.8 Å². The van der Waals surface area contributed by atoms with Crippen molar-refractivity contribution in [2.45, 2.75) is 45.3 Å². The highest BCUT2D eigenvalue weighted by Crippen LogP contribution is 2.29. The van der Waals surface area contributed by atoms with Crippen molar-refractivity contribution < 1.29 is 14.3 Å². The number of hydrogen-bond acceptors (Lipinski definition) is 5. The molecular weight excluding hydrogens is 246 g/mol. The molecule has 6 nitrogen and oxygen atoms in total. The molecule has 0 bridgehead atoms. The third-order valence-corrected chi connectivity index (χ3v) is 3.63. The summed E-state index contributed by atoms with van der Waals surface area (Å²) in [5.74, 6) is 0.665. The standard InChI is InChI=1S/C13H21N3O3/c1-4-10-15-11(13(17)18-3)12(14)16(10)8(2)9-6-5-7-19-9/h8-9H,4-7,14H2,1-3H3. The van der Waals surface area contributed by atoms with Gasteiger partial charge in [-0.25, -0.2) is 9.78 Å². The molecule has 2 rings (SSSR count). The summed E-state index contributed by atoms with van der Waals surface area (Å²) in [7, 11) is 1.33. The van der Waals surface area contributed by atoms with E-state index in [0.29, 0.717) is 12.2 Å². The molecule has 1 aromatic rings. The number of nitrogens with zero attached hydrogens (tertiary/aromatic N) is 2. The number of anilines is 1. The minimum atomic E-state index is -0.495. The first kappa shape index (κ1) is 13.9. The Bertz CT molecular complexity index is 464. The number of carbonyl (C=O) groups excluding carboxylic acids is 1. The van der Waals surface area contributed by atoms with E-state index >= 15 is 0 Å². The molecule has 0 saturated carbocycles. The van der Waals surface area contributed by atoms with E-state index in [0.717, 1.165) is 25.3 Å². The van der Waals surface area contributed by atoms with Gasteiger partial charge >= 0.3 is 5.97 Å². The van der Waals surface area contributed by atoms with E-state index in [2.05, 4.69) is 4.98 Å². The SMILES string of the molecule is CCc1nc(C(=O)OC)c(N)n1C(C)C1CCCO1. The maximum atomic E-state index is 11.7. The number of carbonyl (C=O) groups is 1. The van der Waals surface area contributed by atoms with Gasteiger partial charge in [-0.1, -0.05) is 6.92 Å². The van der Waals surface area contributed by atoms with Crippen LogP contribution in [0.3, 0.4) is 0 Å². The summed E-state index contributed by atoms with van der Waals surface area (Å²) < 4.78 is 12.3. The summed E-state index contributed by atoms with van der Waals surface area (Å²) in [6.45, 7) is 4.82. The fourth-order valence-corrected chi connectivity index (χ4v) is 2.59. The number of aromatic nitrogens is 2. The van der Waals surface area contributed by atoms with Crippen molar-refractivity contribution in [2.75, 3.05) is 19.5 Å². The van der Waals surface area contributed by atoms with Crippen molar-refractivity contribution in [1.82, 2.24) is 9.55 Å². The zero-order valence-corrected chi connectivity index (χ0v) is 11.7. The lowest BCUT2D eigenvalue weighted by atomic mass is 10.1. The Balaban J connectivity index is 2.37. The van der Waals surface area contributed by atoms with Crippen molar-refractivity contribution in [3.63, 3.8) is 0 Å². The highest BCUT2D eigenvalue weighted by atomic mass is 16.5. The average Bonchev–Trinajstić information content (AvgIpc) is 3.04. The molecule has 2 N–H and O–H groups in total. The van der Waals surface area contributed by atoms with Crippen LogP contribution in [0.1, 0.15) is 49.0 Å². The first-order chi connectivity index (χ1) is 9.10. The van der Waals surface area contributed by atoms with Crippen LogP contribution in [0.2, 0.25) is 0 Å². The van der Waals surface area contributed by atoms with Crippen LogP contribution < -0.4 is 5.73 Å². The number of nitrogen functional groups attached to an aromatic ring is 1. The van der Waals surface area contributed by atoms with Crippen LogP contribution in [0, 0.1) is 0 Å². The maximum Gasteiger partial charge on any atom is 0.360 e. The molecule has 0 aliphatic carbocycles. The molecule has 2 atom stereocenters. The van der Waals surface area contributed by atoms with Gasteiger partial charge < -0.3 is 19.8 Å². The molecular formula is C13H21N3O3. The Kier molecular flexibility index (Phi) is 4.09. The number of methoxy groups -OCH3 is 1. The van der Waals surface area contributed by atoms with Crippen molar-refractivity contribution >= 4 is 11.8 Å². The van der Waals surface area contributed by atoms with Crippen LogP contribution in [0.4, 0.5) is 5.82 Å². The van der Waals surface area contributed by atoms with Gasteiger partial charge in [0.1, 0.15) is 11.6 Å². The van der Waals surface area contributed by atoms with Crippen LogP contribution in [0.5, 0.6) is 0 Å². The molecule has 2 unspecified atom stereocenters. The van der Waals surface area contributed by atoms with Crippen LogP contribution >= 0.6 is 0 Å². The largest absolute Gasteiger partial charge is 0.464 e. The molecule has 0 radical (unpaired) electrons. The molecule has 0 spiro atoms. The topological polar surface area (TPSA) is 79.4 Å². The first-order valence-corrected chi connectivity index (χ1v) is 6.66. The van der Waals surface area contributed by atoms with Crippen LogP contribution in [0.15, 0.2) is 0 Å². The number of ether oxygens (including phenoxy) is 2. The number of hydrogen-bond donors (Lipinski definition) is 1. The Morgan fingerprint density at radius 3 is 2.95 bits per heavy atom. The van der Waals surface area contributed by atoms with Gasteiger partial charge in [0.25, 0.3) is 0 Å². The van der Waals surface area contributed by atoms with E-state index in [4.69, 9.17) is 15.2 Å². The molecule has 1 saturated heterocycles. The summed E-state index contributed by atoms with van der Waals surface area (Å²) in [6.07, 6.45) is 2.91. The smallest absolute Gasteiger partial charge is 0.360 e. The van der Waals surface area contributed by atoms with Gasteiger partial charge in [0.2, 0.25) is 0 Å². The van der Waals surface area contributed by atoms with E-state index in [-0.39, 0.29) is 17.8 Å². The Morgan fingerprint density at radius 1 is 1.68 bits per heavy atom. The van der Waals surface area contributed by atoms with E-state index in [9.17, 15) is 4.79 Å². The second-order valence-corrected chi connectivity index (χ2v) is 4.77. The summed E-state index contributed by atoms with van der Waals surface area (Å²) in [4.78, 5) is 15.9. The van der Waals surface area contributed by atoms with E-state index in [1.165, 1.54) is 7.11 Å². The monoisotopic (exact) mass is 267 g/mol. The zero-order valence-electron chi connectivity index (χ0n) is 11.7. The van der Waals surface area contributed by atoms with Crippen LogP contribution in [0.25, 0.3) is 0 Å².